The molecule has 7 heteroatoms. The second-order valence-corrected chi connectivity index (χ2v) is 7.99. The fourth-order valence-electron chi connectivity index (χ4n) is 1.96. The number of methoxy groups -OCH3 is 1. The first-order valence-corrected chi connectivity index (χ1v) is 8.67. The summed E-state index contributed by atoms with van der Waals surface area (Å²) in [6, 6.07) is 1.32. The standard InChI is InChI=1S/C13H21NO4S2/c1-9(2)8-10(3)14(4)20(16,17)11-6-7-19-12(11)13(15)18-5/h6-7,9-10H,8H2,1-5H3/t10-/m0/s1. The van der Waals surface area contributed by atoms with Gasteiger partial charge in [0.1, 0.15) is 9.77 Å². The van der Waals surface area contributed by atoms with Gasteiger partial charge in [-0.2, -0.15) is 4.31 Å². The first-order valence-electron chi connectivity index (χ1n) is 6.35. The SMILES string of the molecule is COC(=O)c1sccc1S(=O)(=O)N(C)[C@@H](C)CC(C)C. The smallest absolute Gasteiger partial charge is 0.349 e. The van der Waals surface area contributed by atoms with Crippen LogP contribution in [0.25, 0.3) is 0 Å². The Bertz CT molecular complexity index is 563. The summed E-state index contributed by atoms with van der Waals surface area (Å²) < 4.78 is 31.1. The van der Waals surface area contributed by atoms with Gasteiger partial charge >= 0.3 is 5.97 Å². The molecule has 1 heterocycles. The van der Waals surface area contributed by atoms with E-state index in [9.17, 15) is 13.2 Å². The van der Waals surface area contributed by atoms with Crippen LogP contribution >= 0.6 is 11.3 Å². The van der Waals surface area contributed by atoms with E-state index in [0.29, 0.717) is 5.92 Å². The lowest BCUT2D eigenvalue weighted by Crippen LogP contribution is -2.36. The van der Waals surface area contributed by atoms with E-state index in [2.05, 4.69) is 4.74 Å². The van der Waals surface area contributed by atoms with Gasteiger partial charge in [0.15, 0.2) is 0 Å². The van der Waals surface area contributed by atoms with Gasteiger partial charge in [0, 0.05) is 13.1 Å². The Kier molecular flexibility index (Phi) is 5.73. The molecule has 0 fully saturated rings. The van der Waals surface area contributed by atoms with E-state index < -0.39 is 16.0 Å². The molecule has 0 radical (unpaired) electrons. The van der Waals surface area contributed by atoms with E-state index in [-0.39, 0.29) is 15.8 Å². The molecule has 0 saturated heterocycles. The van der Waals surface area contributed by atoms with Crippen molar-refractivity contribution in [2.45, 2.75) is 38.1 Å². The molecule has 1 atom stereocenters. The molecular formula is C13H21NO4S2. The Morgan fingerprint density at radius 2 is 2.00 bits per heavy atom. The van der Waals surface area contributed by atoms with Crippen molar-refractivity contribution in [2.75, 3.05) is 14.2 Å². The van der Waals surface area contributed by atoms with Gasteiger partial charge in [-0.3, -0.25) is 0 Å². The quantitative estimate of drug-likeness (QED) is 0.756. The maximum atomic E-state index is 12.6. The second-order valence-electron chi connectivity index (χ2n) is 5.11. The molecule has 0 saturated carbocycles. The van der Waals surface area contributed by atoms with Crippen molar-refractivity contribution in [1.82, 2.24) is 4.31 Å². The minimum atomic E-state index is -3.68. The Labute approximate surface area is 124 Å². The lowest BCUT2D eigenvalue weighted by atomic mass is 10.1. The average molecular weight is 319 g/mol. The molecule has 1 aromatic rings. The van der Waals surface area contributed by atoms with Crippen LogP contribution in [0.3, 0.4) is 0 Å². The van der Waals surface area contributed by atoms with Crippen LogP contribution in [0.4, 0.5) is 0 Å². The van der Waals surface area contributed by atoms with E-state index in [4.69, 9.17) is 0 Å². The third-order valence-electron chi connectivity index (χ3n) is 3.09. The molecule has 0 unspecified atom stereocenters. The van der Waals surface area contributed by atoms with Crippen LogP contribution in [-0.4, -0.2) is 38.9 Å². The predicted molar refractivity (Wildman–Crippen MR) is 79.5 cm³/mol. The van der Waals surface area contributed by atoms with Gasteiger partial charge in [0.05, 0.1) is 7.11 Å². The summed E-state index contributed by atoms with van der Waals surface area (Å²) in [6.07, 6.45) is 0.757. The topological polar surface area (TPSA) is 63.7 Å². The summed E-state index contributed by atoms with van der Waals surface area (Å²) in [5, 5.41) is 1.58. The van der Waals surface area contributed by atoms with Gasteiger partial charge in [-0.25, -0.2) is 13.2 Å². The van der Waals surface area contributed by atoms with Crippen LogP contribution in [0, 0.1) is 5.92 Å². The van der Waals surface area contributed by atoms with Crippen molar-refractivity contribution in [1.29, 1.82) is 0 Å². The Morgan fingerprint density at radius 3 is 2.50 bits per heavy atom. The van der Waals surface area contributed by atoms with Crippen molar-refractivity contribution < 1.29 is 17.9 Å². The first kappa shape index (κ1) is 17.1. The molecule has 0 aliphatic rings. The number of ether oxygens (including phenoxy) is 1. The van der Waals surface area contributed by atoms with E-state index in [1.165, 1.54) is 17.5 Å². The molecule has 20 heavy (non-hydrogen) atoms. The summed E-state index contributed by atoms with van der Waals surface area (Å²) in [7, 11) is -0.901. The van der Waals surface area contributed by atoms with Crippen LogP contribution < -0.4 is 0 Å². The van der Waals surface area contributed by atoms with Crippen molar-refractivity contribution in [2.24, 2.45) is 5.92 Å². The zero-order valence-corrected chi connectivity index (χ0v) is 14.0. The molecule has 0 spiro atoms. The number of hydrogen-bond acceptors (Lipinski definition) is 5. The zero-order chi connectivity index (χ0) is 15.5. The maximum Gasteiger partial charge on any atom is 0.349 e. The minimum Gasteiger partial charge on any atom is -0.465 e. The summed E-state index contributed by atoms with van der Waals surface area (Å²) >= 11 is 1.07. The van der Waals surface area contributed by atoms with Gasteiger partial charge in [-0.1, -0.05) is 13.8 Å². The second kappa shape index (κ2) is 6.69. The van der Waals surface area contributed by atoms with Crippen LogP contribution in [0.2, 0.25) is 0 Å². The highest BCUT2D eigenvalue weighted by Gasteiger charge is 2.31. The van der Waals surface area contributed by atoms with E-state index >= 15 is 0 Å². The number of thiophene rings is 1. The monoisotopic (exact) mass is 319 g/mol. The molecular weight excluding hydrogens is 298 g/mol. The Hall–Kier alpha value is -0.920. The molecule has 0 aromatic carbocycles. The van der Waals surface area contributed by atoms with Crippen LogP contribution in [0.1, 0.15) is 36.9 Å². The summed E-state index contributed by atoms with van der Waals surface area (Å²) in [5.41, 5.74) is 0. The Balaban J connectivity index is 3.11. The molecule has 0 N–H and O–H groups in total. The number of sulfonamides is 1. The number of esters is 1. The lowest BCUT2D eigenvalue weighted by Gasteiger charge is -2.25. The summed E-state index contributed by atoms with van der Waals surface area (Å²) in [5.74, 6) is -0.228. The fourth-order valence-corrected chi connectivity index (χ4v) is 4.64. The first-order chi connectivity index (χ1) is 9.21. The zero-order valence-electron chi connectivity index (χ0n) is 12.4. The van der Waals surface area contributed by atoms with Crippen LogP contribution in [0.5, 0.6) is 0 Å². The molecule has 0 aliphatic carbocycles. The number of rotatable bonds is 6. The van der Waals surface area contributed by atoms with Crippen molar-refractivity contribution in [3.8, 4) is 0 Å². The van der Waals surface area contributed by atoms with Crippen LogP contribution in [0.15, 0.2) is 16.3 Å². The van der Waals surface area contributed by atoms with Crippen LogP contribution in [-0.2, 0) is 14.8 Å². The number of carbonyl (C=O) groups is 1. The third-order valence-corrected chi connectivity index (χ3v) is 6.13. The minimum absolute atomic E-state index is 0.0208. The van der Waals surface area contributed by atoms with Crippen molar-refractivity contribution in [3.63, 3.8) is 0 Å². The molecule has 1 rings (SSSR count). The summed E-state index contributed by atoms with van der Waals surface area (Å²) in [6.45, 7) is 5.95. The van der Waals surface area contributed by atoms with Gasteiger partial charge in [-0.05, 0) is 30.7 Å². The van der Waals surface area contributed by atoms with Gasteiger partial charge in [0.25, 0.3) is 0 Å². The largest absolute Gasteiger partial charge is 0.465 e. The molecule has 5 nitrogen and oxygen atoms in total. The maximum absolute atomic E-state index is 12.6. The molecule has 0 amide bonds. The Morgan fingerprint density at radius 1 is 1.40 bits per heavy atom. The lowest BCUT2D eigenvalue weighted by molar-refractivity contribution is 0.0602. The van der Waals surface area contributed by atoms with Crippen molar-refractivity contribution in [3.05, 3.63) is 16.3 Å². The summed E-state index contributed by atoms with van der Waals surface area (Å²) in [4.78, 5) is 11.8. The molecule has 0 bridgehead atoms. The van der Waals surface area contributed by atoms with Gasteiger partial charge < -0.3 is 4.74 Å². The van der Waals surface area contributed by atoms with E-state index in [1.54, 1.807) is 12.4 Å². The van der Waals surface area contributed by atoms with E-state index in [0.717, 1.165) is 17.8 Å². The van der Waals surface area contributed by atoms with Gasteiger partial charge in [-0.15, -0.1) is 11.3 Å². The highest BCUT2D eigenvalue weighted by Crippen LogP contribution is 2.27. The van der Waals surface area contributed by atoms with Gasteiger partial charge in [0.2, 0.25) is 10.0 Å². The molecule has 0 aliphatic heterocycles. The highest BCUT2D eigenvalue weighted by atomic mass is 32.2. The normalized spacial score (nSPS) is 13.8. The number of carbonyl (C=O) groups excluding carboxylic acids is 1. The molecule has 1 aromatic heterocycles. The average Bonchev–Trinajstić information content (AvgIpc) is 2.85. The number of nitrogens with zero attached hydrogens (tertiary/aromatic N) is 1. The molecule has 114 valence electrons. The third kappa shape index (κ3) is 3.59. The van der Waals surface area contributed by atoms with Crippen molar-refractivity contribution >= 4 is 27.3 Å². The van der Waals surface area contributed by atoms with E-state index in [1.807, 2.05) is 20.8 Å². The predicted octanol–water partition coefficient (Wildman–Crippen LogP) is 2.59. The number of hydrogen-bond donors (Lipinski definition) is 0. The highest BCUT2D eigenvalue weighted by molar-refractivity contribution is 7.89. The fraction of sp³-hybridized carbons (Fsp3) is 0.615.